The molecule has 0 N–H and O–H groups in total. The van der Waals surface area contributed by atoms with Gasteiger partial charge in [-0.2, -0.15) is 0 Å². The molecule has 9 heavy (non-hydrogen) atoms. The Bertz CT molecular complexity index is 207. The predicted molar refractivity (Wildman–Crippen MR) is 42.2 cm³/mol. The van der Waals surface area contributed by atoms with E-state index in [2.05, 4.69) is 17.6 Å². The fraction of sp³-hybridized carbons (Fsp3) is 0.400. The van der Waals surface area contributed by atoms with Crippen LogP contribution in [0, 0.1) is 0 Å². The van der Waals surface area contributed by atoms with Gasteiger partial charge in [0.1, 0.15) is 0 Å². The number of thiol groups is 1. The first kappa shape index (κ1) is 7.02. The topological polar surface area (TPSA) is 17.8 Å². The Labute approximate surface area is 64.1 Å². The van der Waals surface area contributed by atoms with E-state index in [1.807, 2.05) is 17.9 Å². The van der Waals surface area contributed by atoms with E-state index >= 15 is 0 Å². The second-order valence-electron chi connectivity index (χ2n) is 1.66. The zero-order valence-corrected chi connectivity index (χ0v) is 7.04. The highest BCUT2D eigenvalue weighted by molar-refractivity contribution is 7.98. The monoisotopic (exact) mass is 160 g/mol. The fourth-order valence-electron chi connectivity index (χ4n) is 0.574. The molecule has 0 aromatic carbocycles. The third kappa shape index (κ3) is 1.24. The highest BCUT2D eigenvalue weighted by Crippen LogP contribution is 2.15. The molecule has 0 atom stereocenters. The van der Waals surface area contributed by atoms with Crippen LogP contribution < -0.4 is 0 Å². The third-order valence-corrected chi connectivity index (χ3v) is 2.26. The van der Waals surface area contributed by atoms with Gasteiger partial charge in [0.15, 0.2) is 5.16 Å². The molecule has 2 nitrogen and oxygen atoms in total. The number of aromatic nitrogens is 2. The van der Waals surface area contributed by atoms with Gasteiger partial charge in [-0.1, -0.05) is 11.8 Å². The van der Waals surface area contributed by atoms with Gasteiger partial charge in [-0.15, -0.1) is 12.6 Å². The Morgan fingerprint density at radius 2 is 2.44 bits per heavy atom. The number of thioether (sulfide) groups is 1. The van der Waals surface area contributed by atoms with Crippen molar-refractivity contribution in [2.45, 2.75) is 10.2 Å². The zero-order valence-electron chi connectivity index (χ0n) is 5.33. The van der Waals surface area contributed by atoms with Gasteiger partial charge < -0.3 is 4.57 Å². The summed E-state index contributed by atoms with van der Waals surface area (Å²) in [4.78, 5) is 4.08. The molecule has 1 aromatic heterocycles. The molecule has 1 rings (SSSR count). The molecule has 0 unspecified atom stereocenters. The summed E-state index contributed by atoms with van der Waals surface area (Å²) in [5.41, 5.74) is 0. The van der Waals surface area contributed by atoms with E-state index in [1.54, 1.807) is 18.0 Å². The van der Waals surface area contributed by atoms with Crippen molar-refractivity contribution in [3.8, 4) is 0 Å². The van der Waals surface area contributed by atoms with Crippen molar-refractivity contribution in [3.05, 3.63) is 6.20 Å². The molecule has 4 heteroatoms. The smallest absolute Gasteiger partial charge is 0.168 e. The Balaban J connectivity index is 3.04. The van der Waals surface area contributed by atoms with Crippen LogP contribution in [-0.2, 0) is 7.05 Å². The first-order valence-corrected chi connectivity index (χ1v) is 4.17. The molecule has 0 aliphatic heterocycles. The van der Waals surface area contributed by atoms with Crippen molar-refractivity contribution in [2.75, 3.05) is 6.26 Å². The minimum absolute atomic E-state index is 0.902. The maximum atomic E-state index is 4.16. The van der Waals surface area contributed by atoms with Gasteiger partial charge in [0, 0.05) is 7.05 Å². The van der Waals surface area contributed by atoms with Crippen LogP contribution in [0.3, 0.4) is 0 Å². The van der Waals surface area contributed by atoms with Crippen LogP contribution in [-0.4, -0.2) is 15.8 Å². The van der Waals surface area contributed by atoms with Crippen molar-refractivity contribution in [1.82, 2.24) is 9.55 Å². The molecular formula is C5H8N2S2. The second kappa shape index (κ2) is 2.66. The molecule has 1 aromatic rings. The summed E-state index contributed by atoms with van der Waals surface area (Å²) in [6.07, 6.45) is 3.74. The first-order chi connectivity index (χ1) is 4.25. The van der Waals surface area contributed by atoms with Crippen LogP contribution in [0.25, 0.3) is 0 Å². The number of nitrogens with zero attached hydrogens (tertiary/aromatic N) is 2. The van der Waals surface area contributed by atoms with Crippen molar-refractivity contribution < 1.29 is 0 Å². The average Bonchev–Trinajstić information content (AvgIpc) is 2.15. The van der Waals surface area contributed by atoms with Crippen LogP contribution in [0.15, 0.2) is 16.4 Å². The SMILES string of the molecule is CSc1ncc(S)n1C. The molecule has 0 fully saturated rings. The van der Waals surface area contributed by atoms with Crippen LogP contribution in [0.1, 0.15) is 0 Å². The molecular weight excluding hydrogens is 152 g/mol. The Kier molecular flexibility index (Phi) is 2.08. The lowest BCUT2D eigenvalue weighted by atomic mass is 10.9. The standard InChI is InChI=1S/C5H8N2S2/c1-7-4(8)3-6-5(7)9-2/h3,8H,1-2H3. The van der Waals surface area contributed by atoms with E-state index < -0.39 is 0 Å². The summed E-state index contributed by atoms with van der Waals surface area (Å²) in [6, 6.07) is 0. The summed E-state index contributed by atoms with van der Waals surface area (Å²) in [6.45, 7) is 0. The summed E-state index contributed by atoms with van der Waals surface area (Å²) in [7, 11) is 1.95. The fourth-order valence-corrected chi connectivity index (χ4v) is 1.32. The van der Waals surface area contributed by atoms with Gasteiger partial charge >= 0.3 is 0 Å². The van der Waals surface area contributed by atoms with E-state index in [4.69, 9.17) is 0 Å². The molecule has 0 bridgehead atoms. The second-order valence-corrected chi connectivity index (χ2v) is 2.89. The van der Waals surface area contributed by atoms with Crippen LogP contribution in [0.4, 0.5) is 0 Å². The van der Waals surface area contributed by atoms with E-state index in [9.17, 15) is 0 Å². The van der Waals surface area contributed by atoms with Crippen LogP contribution in [0.2, 0.25) is 0 Å². The highest BCUT2D eigenvalue weighted by Gasteiger charge is 1.98. The minimum atomic E-state index is 0.902. The molecule has 0 aliphatic rings. The molecule has 0 radical (unpaired) electrons. The Morgan fingerprint density at radius 1 is 1.78 bits per heavy atom. The summed E-state index contributed by atoms with van der Waals surface area (Å²) >= 11 is 5.78. The molecule has 0 saturated heterocycles. The summed E-state index contributed by atoms with van der Waals surface area (Å²) in [5.74, 6) is 0. The Morgan fingerprint density at radius 3 is 2.67 bits per heavy atom. The maximum Gasteiger partial charge on any atom is 0.168 e. The van der Waals surface area contributed by atoms with Gasteiger partial charge in [-0.3, -0.25) is 0 Å². The maximum absolute atomic E-state index is 4.16. The van der Waals surface area contributed by atoms with E-state index in [0.29, 0.717) is 0 Å². The first-order valence-electron chi connectivity index (χ1n) is 2.50. The third-order valence-electron chi connectivity index (χ3n) is 1.10. The number of rotatable bonds is 1. The zero-order chi connectivity index (χ0) is 6.85. The van der Waals surface area contributed by atoms with Crippen molar-refractivity contribution in [2.24, 2.45) is 7.05 Å². The van der Waals surface area contributed by atoms with Crippen molar-refractivity contribution in [3.63, 3.8) is 0 Å². The largest absolute Gasteiger partial charge is 0.318 e. The van der Waals surface area contributed by atoms with Gasteiger partial charge in [0.05, 0.1) is 11.2 Å². The Hall–Kier alpha value is -0.0900. The van der Waals surface area contributed by atoms with Gasteiger partial charge in [0.2, 0.25) is 0 Å². The predicted octanol–water partition coefficient (Wildman–Crippen LogP) is 1.43. The van der Waals surface area contributed by atoms with E-state index in [-0.39, 0.29) is 0 Å². The van der Waals surface area contributed by atoms with Gasteiger partial charge in [-0.05, 0) is 6.26 Å². The van der Waals surface area contributed by atoms with Gasteiger partial charge in [-0.25, -0.2) is 4.98 Å². The summed E-state index contributed by atoms with van der Waals surface area (Å²) in [5, 5.41) is 1.90. The van der Waals surface area contributed by atoms with Crippen LogP contribution >= 0.6 is 24.4 Å². The average molecular weight is 160 g/mol. The molecule has 1 heterocycles. The molecule has 0 aliphatic carbocycles. The van der Waals surface area contributed by atoms with E-state index in [1.165, 1.54) is 0 Å². The molecule has 0 amide bonds. The normalized spacial score (nSPS) is 10.1. The summed E-state index contributed by atoms with van der Waals surface area (Å²) < 4.78 is 1.94. The number of hydrogen-bond acceptors (Lipinski definition) is 3. The lowest BCUT2D eigenvalue weighted by Crippen LogP contribution is -1.89. The number of hydrogen-bond donors (Lipinski definition) is 1. The molecule has 0 spiro atoms. The van der Waals surface area contributed by atoms with Crippen molar-refractivity contribution >= 4 is 24.4 Å². The number of imidazole rings is 1. The molecule has 50 valence electrons. The lowest BCUT2D eigenvalue weighted by molar-refractivity contribution is 0.731. The van der Waals surface area contributed by atoms with Gasteiger partial charge in [0.25, 0.3) is 0 Å². The van der Waals surface area contributed by atoms with Crippen molar-refractivity contribution in [1.29, 1.82) is 0 Å². The molecule has 0 saturated carbocycles. The minimum Gasteiger partial charge on any atom is -0.318 e. The quantitative estimate of drug-likeness (QED) is 0.494. The van der Waals surface area contributed by atoms with Crippen LogP contribution in [0.5, 0.6) is 0 Å². The van der Waals surface area contributed by atoms with E-state index in [0.717, 1.165) is 10.2 Å². The highest BCUT2D eigenvalue weighted by atomic mass is 32.2. The lowest BCUT2D eigenvalue weighted by Gasteiger charge is -1.95.